The summed E-state index contributed by atoms with van der Waals surface area (Å²) in [5.74, 6) is 4.02. The molecular formula is C36H38N2O6. The van der Waals surface area contributed by atoms with Crippen molar-refractivity contribution in [2.75, 3.05) is 41.5 Å². The zero-order valence-electron chi connectivity index (χ0n) is 25.6. The number of fused-ring (bicyclic) bond motifs is 2. The highest BCUT2D eigenvalue weighted by molar-refractivity contribution is 5.63. The van der Waals surface area contributed by atoms with Crippen LogP contribution in [0.3, 0.4) is 0 Å². The van der Waals surface area contributed by atoms with Crippen LogP contribution in [0.25, 0.3) is 0 Å². The Balaban J connectivity index is 1.44. The van der Waals surface area contributed by atoms with Crippen molar-refractivity contribution < 1.29 is 28.8 Å². The molecule has 2 N–H and O–H groups in total. The van der Waals surface area contributed by atoms with E-state index in [1.165, 1.54) is 16.7 Å². The predicted molar refractivity (Wildman–Crippen MR) is 168 cm³/mol. The van der Waals surface area contributed by atoms with Crippen molar-refractivity contribution in [3.63, 3.8) is 0 Å². The molecule has 4 aliphatic rings. The number of phenolic OH excluding ortho intramolecular Hbond substituents is 1. The van der Waals surface area contributed by atoms with Crippen molar-refractivity contribution in [2.24, 2.45) is 0 Å². The van der Waals surface area contributed by atoms with Crippen molar-refractivity contribution in [3.05, 3.63) is 94.0 Å². The van der Waals surface area contributed by atoms with Gasteiger partial charge in [0.25, 0.3) is 0 Å². The second kappa shape index (κ2) is 11.6. The summed E-state index contributed by atoms with van der Waals surface area (Å²) in [5, 5.41) is 15.2. The molecule has 8 rings (SSSR count). The molecule has 4 aromatic rings. The zero-order valence-corrected chi connectivity index (χ0v) is 25.6. The topological polar surface area (TPSA) is 81.7 Å². The first-order valence-electron chi connectivity index (χ1n) is 15.1. The molecule has 2 atom stereocenters. The molecule has 4 aromatic carbocycles. The third kappa shape index (κ3) is 5.08. The molecule has 6 bridgehead atoms. The highest BCUT2D eigenvalue weighted by Gasteiger charge is 2.32. The molecule has 0 amide bonds. The maximum Gasteiger partial charge on any atom is 0.201 e. The first-order chi connectivity index (χ1) is 21.4. The normalized spacial score (nSPS) is 19.1. The molecule has 0 saturated heterocycles. The van der Waals surface area contributed by atoms with Gasteiger partial charge in [-0.25, -0.2) is 0 Å². The number of hydrogen-bond donors (Lipinski definition) is 2. The molecule has 0 fully saturated rings. The first kappa shape index (κ1) is 28.4. The Kier molecular flexibility index (Phi) is 7.48. The summed E-state index contributed by atoms with van der Waals surface area (Å²) in [5.41, 5.74) is 6.69. The van der Waals surface area contributed by atoms with Gasteiger partial charge in [-0.2, -0.15) is 0 Å². The summed E-state index contributed by atoms with van der Waals surface area (Å²) in [6.45, 7) is 1.73. The summed E-state index contributed by atoms with van der Waals surface area (Å²) < 4.78 is 30.3. The zero-order chi connectivity index (χ0) is 30.4. The maximum atomic E-state index is 11.5. The van der Waals surface area contributed by atoms with E-state index in [1.807, 2.05) is 30.3 Å². The number of likely N-dealkylation sites (N-methyl/N-ethyl adjacent to an activating group) is 1. The lowest BCUT2D eigenvalue weighted by molar-refractivity contribution is 0.228. The number of rotatable bonds is 3. The van der Waals surface area contributed by atoms with Crippen LogP contribution in [-0.2, 0) is 25.7 Å². The van der Waals surface area contributed by atoms with E-state index < -0.39 is 0 Å². The highest BCUT2D eigenvalue weighted by atomic mass is 16.5. The van der Waals surface area contributed by atoms with Gasteiger partial charge in [0.15, 0.2) is 34.5 Å². The fraction of sp³-hybridized carbons (Fsp3) is 0.333. The van der Waals surface area contributed by atoms with Crippen molar-refractivity contribution in [2.45, 2.75) is 37.8 Å². The van der Waals surface area contributed by atoms with Crippen LogP contribution in [0.1, 0.15) is 45.5 Å². The lowest BCUT2D eigenvalue weighted by Crippen LogP contribution is -2.33. The Bertz CT molecular complexity index is 1700. The molecule has 4 heterocycles. The minimum Gasteiger partial charge on any atom is -0.502 e. The lowest BCUT2D eigenvalue weighted by atomic mass is 9.88. The van der Waals surface area contributed by atoms with E-state index in [-0.39, 0.29) is 17.8 Å². The smallest absolute Gasteiger partial charge is 0.201 e. The van der Waals surface area contributed by atoms with Gasteiger partial charge in [0, 0.05) is 24.2 Å². The van der Waals surface area contributed by atoms with E-state index in [4.69, 9.17) is 23.7 Å². The molecule has 8 heteroatoms. The van der Waals surface area contributed by atoms with E-state index >= 15 is 0 Å². The van der Waals surface area contributed by atoms with Crippen molar-refractivity contribution in [3.8, 4) is 46.0 Å². The lowest BCUT2D eigenvalue weighted by Gasteiger charge is -2.35. The van der Waals surface area contributed by atoms with Gasteiger partial charge in [0.2, 0.25) is 5.75 Å². The largest absolute Gasteiger partial charge is 0.502 e. The molecule has 228 valence electrons. The van der Waals surface area contributed by atoms with Gasteiger partial charge in [0.05, 0.1) is 21.3 Å². The monoisotopic (exact) mass is 594 g/mol. The number of nitrogens with one attached hydrogen (secondary N) is 1. The molecule has 0 radical (unpaired) electrons. The number of phenols is 1. The standard InChI is InChI=1S/C36H38N2O6/c1-38-14-12-23-18-30(41-3)32-20-26(23)28(38)16-21-5-8-25(9-6-21)43-31-17-22(7-10-29(31)40-2)15-27-34-24(11-13-37-27)19-33(42-4)35(39)36(34)44-32/h5-10,17-20,27-28,37,39H,11-16H2,1-4H3/t27-,28-/m1/s1. The van der Waals surface area contributed by atoms with Gasteiger partial charge < -0.3 is 34.1 Å². The SMILES string of the molecule is COc1ccc2cc1Oc1ccc(cc1)C[C@@H]1c3cc(c(OC)cc3CCN1C)Oc1c(O)c(OC)cc3c1[C@@H](C2)NCC3. The number of hydrogen-bond acceptors (Lipinski definition) is 8. The minimum atomic E-state index is -0.132. The van der Waals surface area contributed by atoms with Crippen LogP contribution < -0.4 is 29.0 Å². The van der Waals surface area contributed by atoms with Crippen molar-refractivity contribution >= 4 is 0 Å². The molecule has 8 nitrogen and oxygen atoms in total. The number of benzene rings is 4. The van der Waals surface area contributed by atoms with Crippen LogP contribution in [0.5, 0.6) is 46.0 Å². The Hall–Kier alpha value is -4.40. The fourth-order valence-electron chi connectivity index (χ4n) is 6.85. The second-order valence-electron chi connectivity index (χ2n) is 11.8. The van der Waals surface area contributed by atoms with Crippen LogP contribution in [0, 0.1) is 0 Å². The Morgan fingerprint density at radius 1 is 0.773 bits per heavy atom. The fourth-order valence-corrected chi connectivity index (χ4v) is 6.85. The number of aromatic hydroxyl groups is 1. The van der Waals surface area contributed by atoms with Crippen LogP contribution in [0.15, 0.2) is 60.7 Å². The Morgan fingerprint density at radius 3 is 2.27 bits per heavy atom. The number of ether oxygens (including phenoxy) is 5. The average molecular weight is 595 g/mol. The van der Waals surface area contributed by atoms with Gasteiger partial charge in [-0.1, -0.05) is 18.2 Å². The maximum absolute atomic E-state index is 11.5. The summed E-state index contributed by atoms with van der Waals surface area (Å²) in [6, 6.07) is 20.5. The molecular weight excluding hydrogens is 556 g/mol. The van der Waals surface area contributed by atoms with Crippen LogP contribution in [0.4, 0.5) is 0 Å². The van der Waals surface area contributed by atoms with Gasteiger partial charge >= 0.3 is 0 Å². The van der Waals surface area contributed by atoms with Crippen LogP contribution in [-0.4, -0.2) is 51.5 Å². The summed E-state index contributed by atoms with van der Waals surface area (Å²) >= 11 is 0. The molecule has 0 unspecified atom stereocenters. The Labute approximate surface area is 258 Å². The van der Waals surface area contributed by atoms with Gasteiger partial charge in [-0.3, -0.25) is 4.90 Å². The number of nitrogens with zero attached hydrogens (tertiary/aromatic N) is 1. The minimum absolute atomic E-state index is 0.0268. The molecule has 44 heavy (non-hydrogen) atoms. The summed E-state index contributed by atoms with van der Waals surface area (Å²) in [4.78, 5) is 2.39. The molecule has 4 aliphatic heterocycles. The molecule has 0 aromatic heterocycles. The van der Waals surface area contributed by atoms with E-state index in [2.05, 4.69) is 47.6 Å². The quantitative estimate of drug-likeness (QED) is 0.278. The van der Waals surface area contributed by atoms with Gasteiger partial charge in [-0.15, -0.1) is 0 Å². The molecule has 0 spiro atoms. The third-order valence-electron chi connectivity index (χ3n) is 9.21. The predicted octanol–water partition coefficient (Wildman–Crippen LogP) is 6.52. The Morgan fingerprint density at radius 2 is 1.50 bits per heavy atom. The van der Waals surface area contributed by atoms with Crippen LogP contribution >= 0.6 is 0 Å². The van der Waals surface area contributed by atoms with Crippen LogP contribution in [0.2, 0.25) is 0 Å². The van der Waals surface area contributed by atoms with E-state index in [0.717, 1.165) is 54.8 Å². The first-order valence-corrected chi connectivity index (χ1v) is 15.1. The third-order valence-corrected chi connectivity index (χ3v) is 9.21. The van der Waals surface area contributed by atoms with E-state index in [1.54, 1.807) is 21.3 Å². The van der Waals surface area contributed by atoms with Crippen molar-refractivity contribution in [1.82, 2.24) is 10.2 Å². The van der Waals surface area contributed by atoms with E-state index in [0.29, 0.717) is 40.9 Å². The number of methoxy groups -OCH3 is 3. The van der Waals surface area contributed by atoms with E-state index in [9.17, 15) is 5.11 Å². The van der Waals surface area contributed by atoms with Gasteiger partial charge in [0.1, 0.15) is 5.75 Å². The summed E-state index contributed by atoms with van der Waals surface area (Å²) in [7, 11) is 7.05. The van der Waals surface area contributed by atoms with Gasteiger partial charge in [-0.05, 0) is 110 Å². The molecule has 0 saturated carbocycles. The second-order valence-corrected chi connectivity index (χ2v) is 11.8. The molecule has 0 aliphatic carbocycles. The average Bonchev–Trinajstić information content (AvgIpc) is 3.04. The van der Waals surface area contributed by atoms with Crippen molar-refractivity contribution in [1.29, 1.82) is 0 Å². The highest BCUT2D eigenvalue weighted by Crippen LogP contribution is 2.50. The summed E-state index contributed by atoms with van der Waals surface area (Å²) in [6.07, 6.45) is 3.15.